The summed E-state index contributed by atoms with van der Waals surface area (Å²) in [7, 11) is 0. The van der Waals surface area contributed by atoms with E-state index in [9.17, 15) is 36.2 Å². The second-order valence-corrected chi connectivity index (χ2v) is 5.64. The lowest BCUT2D eigenvalue weighted by molar-refractivity contribution is -0.249. The van der Waals surface area contributed by atoms with Gasteiger partial charge in [0.15, 0.2) is 11.3 Å². The number of alkyl halides is 6. The maximum absolute atomic E-state index is 13.2. The number of carbonyl (C=O) groups is 1. The lowest BCUT2D eigenvalue weighted by Crippen LogP contribution is -2.51. The summed E-state index contributed by atoms with van der Waals surface area (Å²) in [4.78, 5) is 15.5. The molecule has 28 heavy (non-hydrogen) atoms. The van der Waals surface area contributed by atoms with Crippen LogP contribution in [0.2, 0.25) is 0 Å². The summed E-state index contributed by atoms with van der Waals surface area (Å²) in [5.41, 5.74) is 3.23. The second kappa shape index (κ2) is 7.96. The summed E-state index contributed by atoms with van der Waals surface area (Å²) in [6, 6.07) is 0.361. The molecule has 6 N–H and O–H groups in total. The molecule has 0 aliphatic rings. The van der Waals surface area contributed by atoms with E-state index in [0.29, 0.717) is 13.0 Å². The van der Waals surface area contributed by atoms with Crippen LogP contribution in [0.1, 0.15) is 28.7 Å². The molecule has 7 nitrogen and oxygen atoms in total. The number of nitrogens with two attached hydrogens (primary N) is 2. The number of rotatable bonds is 6. The van der Waals surface area contributed by atoms with Crippen LogP contribution in [-0.4, -0.2) is 34.3 Å². The zero-order valence-electron chi connectivity index (χ0n) is 14.3. The Bertz CT molecular complexity index is 787. The minimum absolute atomic E-state index is 0.361. The van der Waals surface area contributed by atoms with Gasteiger partial charge in [-0.05, 0) is 13.0 Å². The van der Waals surface area contributed by atoms with Crippen molar-refractivity contribution in [3.8, 4) is 0 Å². The van der Waals surface area contributed by atoms with Gasteiger partial charge < -0.3 is 26.6 Å². The number of hydrogen-bond donors (Lipinski definition) is 4. The third-order valence-electron chi connectivity index (χ3n) is 3.33. The predicted molar refractivity (Wildman–Crippen MR) is 86.1 cm³/mol. The molecule has 0 aromatic carbocycles. The van der Waals surface area contributed by atoms with Gasteiger partial charge in [-0.15, -0.1) is 0 Å². The molecule has 0 saturated carbocycles. The molecule has 1 rings (SSSR count). The number of aromatic nitrogens is 1. The van der Waals surface area contributed by atoms with Gasteiger partial charge in [0, 0.05) is 6.20 Å². The number of carbonyl (C=O) groups excluding carboxylic acids is 1. The molecule has 0 aliphatic heterocycles. The molecule has 0 bridgehead atoms. The summed E-state index contributed by atoms with van der Waals surface area (Å²) in [5.74, 6) is -2.00. The van der Waals surface area contributed by atoms with Gasteiger partial charge in [0.25, 0.3) is 5.91 Å². The van der Waals surface area contributed by atoms with Crippen LogP contribution in [0, 0.1) is 0 Å². The van der Waals surface area contributed by atoms with E-state index in [4.69, 9.17) is 16.2 Å². The Balaban J connectivity index is 3.29. The summed E-state index contributed by atoms with van der Waals surface area (Å²) in [5, 5.41) is 11.0. The Morgan fingerprint density at radius 1 is 1.32 bits per heavy atom. The predicted octanol–water partition coefficient (Wildman–Crippen LogP) is 2.14. The fourth-order valence-corrected chi connectivity index (χ4v) is 1.75. The molecule has 1 heterocycles. The van der Waals surface area contributed by atoms with Crippen LogP contribution in [0.25, 0.3) is 5.76 Å². The molecule has 1 aromatic heterocycles. The number of nitrogen functional groups attached to an aromatic ring is 1. The molecule has 13 heteroatoms. The molecule has 0 aliphatic carbocycles. The zero-order valence-corrected chi connectivity index (χ0v) is 14.3. The van der Waals surface area contributed by atoms with Crippen LogP contribution < -0.4 is 16.8 Å². The number of nitrogens with one attached hydrogen (secondary N) is 1. The molecule has 1 unspecified atom stereocenters. The van der Waals surface area contributed by atoms with E-state index in [1.54, 1.807) is 5.32 Å². The highest BCUT2D eigenvalue weighted by Gasteiger charge is 2.50. The third kappa shape index (κ3) is 5.28. The molecule has 1 amide bonds. The van der Waals surface area contributed by atoms with Crippen LogP contribution in [0.15, 0.2) is 25.1 Å². The monoisotopic (exact) mass is 414 g/mol. The van der Waals surface area contributed by atoms with Crippen LogP contribution in [0.4, 0.5) is 32.0 Å². The Morgan fingerprint density at radius 3 is 2.36 bits per heavy atom. The normalized spacial score (nSPS) is 14.6. The number of pyridine rings is 1. The Labute approximate surface area is 154 Å². The van der Waals surface area contributed by atoms with Gasteiger partial charge in [0.05, 0.1) is 17.8 Å². The van der Waals surface area contributed by atoms with Crippen molar-refractivity contribution in [3.05, 3.63) is 42.1 Å². The van der Waals surface area contributed by atoms with Crippen molar-refractivity contribution >= 4 is 17.4 Å². The maximum atomic E-state index is 13.2. The summed E-state index contributed by atoms with van der Waals surface area (Å²) in [6.07, 6.45) is -8.38. The van der Waals surface area contributed by atoms with E-state index in [-0.39, 0.29) is 0 Å². The highest BCUT2D eigenvalue weighted by Crippen LogP contribution is 2.36. The van der Waals surface area contributed by atoms with Gasteiger partial charge in [-0.1, -0.05) is 6.58 Å². The highest BCUT2D eigenvalue weighted by atomic mass is 19.4. The van der Waals surface area contributed by atoms with Gasteiger partial charge in [-0.25, -0.2) is 4.98 Å². The summed E-state index contributed by atoms with van der Waals surface area (Å²) in [6.45, 7) is 2.34. The maximum Gasteiger partial charge on any atom is 0.418 e. The first-order chi connectivity index (χ1) is 12.6. The Morgan fingerprint density at radius 2 is 1.89 bits per heavy atom. The van der Waals surface area contributed by atoms with Gasteiger partial charge in [-0.3, -0.25) is 4.79 Å². The zero-order chi connectivity index (χ0) is 21.9. The quantitative estimate of drug-likeness (QED) is 0.418. The van der Waals surface area contributed by atoms with Gasteiger partial charge in [-0.2, -0.15) is 26.3 Å². The van der Waals surface area contributed by atoms with Gasteiger partial charge in [0.2, 0.25) is 0 Å². The van der Waals surface area contributed by atoms with Crippen LogP contribution >= 0.6 is 0 Å². The van der Waals surface area contributed by atoms with Crippen molar-refractivity contribution in [1.29, 1.82) is 0 Å². The smallest absolute Gasteiger partial charge is 0.418 e. The second-order valence-electron chi connectivity index (χ2n) is 5.64. The lowest BCUT2D eigenvalue weighted by Gasteiger charge is -2.26. The number of ether oxygens (including phenoxy) is 1. The van der Waals surface area contributed by atoms with E-state index in [1.807, 2.05) is 0 Å². The van der Waals surface area contributed by atoms with Crippen molar-refractivity contribution in [1.82, 2.24) is 10.3 Å². The number of anilines is 1. The summed E-state index contributed by atoms with van der Waals surface area (Å²) >= 11 is 0. The number of hydrogen-bond acceptors (Lipinski definition) is 6. The van der Waals surface area contributed by atoms with Crippen LogP contribution in [-0.2, 0) is 10.9 Å². The molecule has 0 saturated heterocycles. The average molecular weight is 414 g/mol. The van der Waals surface area contributed by atoms with Crippen molar-refractivity contribution in [2.24, 2.45) is 5.73 Å². The van der Waals surface area contributed by atoms with Gasteiger partial charge in [0.1, 0.15) is 17.7 Å². The fourth-order valence-electron chi connectivity index (χ4n) is 1.75. The minimum atomic E-state index is -5.07. The number of halogens is 6. The van der Waals surface area contributed by atoms with Crippen LogP contribution in [0.3, 0.4) is 0 Å². The Hall–Kier alpha value is -2.96. The number of nitrogens with zero attached hydrogens (tertiary/aromatic N) is 1. The SMILES string of the molecule is C=C(O/C=C\N)c1nc(C(=O)NCC(C)(O)C(F)(F)F)c(N)cc1C(F)(F)F. The van der Waals surface area contributed by atoms with E-state index >= 15 is 0 Å². The van der Waals surface area contributed by atoms with E-state index in [2.05, 4.69) is 11.6 Å². The van der Waals surface area contributed by atoms with Crippen molar-refractivity contribution < 1.29 is 41.0 Å². The van der Waals surface area contributed by atoms with E-state index < -0.39 is 58.8 Å². The van der Waals surface area contributed by atoms with Crippen molar-refractivity contribution in [2.75, 3.05) is 12.3 Å². The first-order valence-electron chi connectivity index (χ1n) is 7.29. The molecule has 0 fully saturated rings. The first kappa shape index (κ1) is 23.1. The molecule has 1 atom stereocenters. The lowest BCUT2D eigenvalue weighted by atomic mass is 10.1. The highest BCUT2D eigenvalue weighted by molar-refractivity contribution is 5.97. The topological polar surface area (TPSA) is 123 Å². The number of aliphatic hydroxyl groups is 1. The fraction of sp³-hybridized carbons (Fsp3) is 0.333. The van der Waals surface area contributed by atoms with Crippen molar-refractivity contribution in [3.63, 3.8) is 0 Å². The molecule has 1 aromatic rings. The minimum Gasteiger partial charge on any atom is -0.462 e. The number of amides is 1. The standard InChI is InChI=1S/C15H16F6N4O3/c1-7(28-4-3-22)10-8(14(16,17)18)5-9(23)11(25-10)12(26)24-6-13(2,27)15(19,20)21/h3-5,27H,1,6,22-23H2,2H3,(H,24,26)/b4-3-. The molecule has 0 radical (unpaired) electrons. The molecule has 0 spiro atoms. The van der Waals surface area contributed by atoms with Gasteiger partial charge >= 0.3 is 12.4 Å². The molecular formula is C15H16F6N4O3. The average Bonchev–Trinajstić information content (AvgIpc) is 2.55. The van der Waals surface area contributed by atoms with Crippen LogP contribution in [0.5, 0.6) is 0 Å². The third-order valence-corrected chi connectivity index (χ3v) is 3.33. The first-order valence-corrected chi connectivity index (χ1v) is 7.29. The Kier molecular flexibility index (Phi) is 6.56. The van der Waals surface area contributed by atoms with E-state index in [0.717, 1.165) is 12.5 Å². The molecule has 156 valence electrons. The largest absolute Gasteiger partial charge is 0.462 e. The van der Waals surface area contributed by atoms with E-state index in [1.165, 1.54) is 0 Å². The molecular weight excluding hydrogens is 398 g/mol. The van der Waals surface area contributed by atoms with Crippen molar-refractivity contribution in [2.45, 2.75) is 24.9 Å². The summed E-state index contributed by atoms with van der Waals surface area (Å²) < 4.78 is 82.2.